The molecule has 9 heteroatoms. The summed E-state index contributed by atoms with van der Waals surface area (Å²) in [6, 6.07) is 14.2. The number of nitrogens with zero attached hydrogens (tertiary/aromatic N) is 4. The number of hydrogen-bond donors (Lipinski definition) is 1. The Balaban J connectivity index is 1.56. The van der Waals surface area contributed by atoms with E-state index in [2.05, 4.69) is 20.8 Å². The molecule has 7 nitrogen and oxygen atoms in total. The number of tetrazole rings is 1. The molecule has 1 aromatic heterocycles. The highest BCUT2D eigenvalue weighted by molar-refractivity contribution is 6.35. The van der Waals surface area contributed by atoms with Crippen molar-refractivity contribution >= 4 is 29.1 Å². The van der Waals surface area contributed by atoms with Gasteiger partial charge < -0.3 is 10.1 Å². The number of halogens is 2. The number of carbonyl (C=O) groups is 1. The number of ether oxygens (including phenoxy) is 1. The molecule has 0 radical (unpaired) electrons. The van der Waals surface area contributed by atoms with Gasteiger partial charge in [-0.3, -0.25) is 4.79 Å². The smallest absolute Gasteiger partial charge is 0.258 e. The van der Waals surface area contributed by atoms with Gasteiger partial charge in [0.15, 0.2) is 12.4 Å². The van der Waals surface area contributed by atoms with E-state index in [0.29, 0.717) is 21.6 Å². The van der Waals surface area contributed by atoms with Crippen LogP contribution in [0.15, 0.2) is 48.5 Å². The van der Waals surface area contributed by atoms with Crippen molar-refractivity contribution in [2.24, 2.45) is 0 Å². The van der Waals surface area contributed by atoms with Crippen LogP contribution in [0.3, 0.4) is 0 Å². The maximum Gasteiger partial charge on any atom is 0.258 e. The van der Waals surface area contributed by atoms with Crippen molar-refractivity contribution in [1.29, 1.82) is 0 Å². The van der Waals surface area contributed by atoms with E-state index in [4.69, 9.17) is 27.9 Å². The lowest BCUT2D eigenvalue weighted by molar-refractivity contribution is -0.123. The second-order valence-corrected chi connectivity index (χ2v) is 5.83. The Morgan fingerprint density at radius 2 is 1.96 bits per heavy atom. The molecule has 0 saturated carbocycles. The second-order valence-electron chi connectivity index (χ2n) is 4.98. The first-order valence-corrected chi connectivity index (χ1v) is 8.06. The first kappa shape index (κ1) is 17.2. The lowest BCUT2D eigenvalue weighted by Crippen LogP contribution is -2.29. The zero-order valence-corrected chi connectivity index (χ0v) is 14.4. The molecule has 0 fully saturated rings. The Labute approximate surface area is 153 Å². The summed E-state index contributed by atoms with van der Waals surface area (Å²) in [5.41, 5.74) is 0.806. The normalized spacial score (nSPS) is 10.5. The zero-order chi connectivity index (χ0) is 17.6. The highest BCUT2D eigenvalue weighted by Gasteiger charge is 2.11. The molecule has 0 aliphatic heterocycles. The molecule has 0 atom stereocenters. The van der Waals surface area contributed by atoms with Crippen LogP contribution < -0.4 is 10.1 Å². The van der Waals surface area contributed by atoms with Gasteiger partial charge in [0.2, 0.25) is 0 Å². The summed E-state index contributed by atoms with van der Waals surface area (Å²) in [6.45, 7) is -0.0211. The van der Waals surface area contributed by atoms with Crippen LogP contribution in [0.1, 0.15) is 5.82 Å². The van der Waals surface area contributed by atoms with Crippen LogP contribution in [0.2, 0.25) is 10.0 Å². The van der Waals surface area contributed by atoms with Gasteiger partial charge in [-0.05, 0) is 40.8 Å². The van der Waals surface area contributed by atoms with Crippen LogP contribution in [0.5, 0.6) is 5.75 Å². The largest absolute Gasteiger partial charge is 0.482 e. The maximum absolute atomic E-state index is 12.0. The first-order chi connectivity index (χ1) is 12.1. The van der Waals surface area contributed by atoms with Gasteiger partial charge >= 0.3 is 0 Å². The second kappa shape index (κ2) is 7.96. The predicted molar refractivity (Wildman–Crippen MR) is 93.0 cm³/mol. The fourth-order valence-electron chi connectivity index (χ4n) is 2.05. The molecule has 0 saturated heterocycles. The standard InChI is InChI=1S/C16H13Cl2N5O2/c17-11-6-7-14(13(18)8-11)25-10-16(24)19-9-15-20-21-22-23(15)12-4-2-1-3-5-12/h1-8H,9-10H2,(H,19,24). The van der Waals surface area contributed by atoms with Crippen LogP contribution in [-0.2, 0) is 11.3 Å². The van der Waals surface area contributed by atoms with Crippen molar-refractivity contribution in [1.82, 2.24) is 25.5 Å². The summed E-state index contributed by atoms with van der Waals surface area (Å²) in [4.78, 5) is 12.0. The lowest BCUT2D eigenvalue weighted by atomic mass is 10.3. The third-order valence-corrected chi connectivity index (χ3v) is 3.76. The van der Waals surface area contributed by atoms with E-state index in [1.807, 2.05) is 30.3 Å². The molecule has 3 rings (SSSR count). The number of hydrogen-bond acceptors (Lipinski definition) is 5. The molecule has 128 valence electrons. The number of aromatic nitrogens is 4. The Kier molecular flexibility index (Phi) is 5.47. The van der Waals surface area contributed by atoms with Gasteiger partial charge in [-0.15, -0.1) is 5.10 Å². The minimum absolute atomic E-state index is 0.165. The van der Waals surface area contributed by atoms with Gasteiger partial charge in [-0.1, -0.05) is 41.4 Å². The molecule has 0 aliphatic rings. The Morgan fingerprint density at radius 1 is 1.16 bits per heavy atom. The number of para-hydroxylation sites is 1. The van der Waals surface area contributed by atoms with E-state index in [9.17, 15) is 4.79 Å². The van der Waals surface area contributed by atoms with Gasteiger partial charge in [0.1, 0.15) is 5.75 Å². The van der Waals surface area contributed by atoms with E-state index >= 15 is 0 Å². The number of nitrogens with one attached hydrogen (secondary N) is 1. The number of benzene rings is 2. The molecular weight excluding hydrogens is 365 g/mol. The van der Waals surface area contributed by atoms with Crippen molar-refractivity contribution < 1.29 is 9.53 Å². The highest BCUT2D eigenvalue weighted by Crippen LogP contribution is 2.27. The number of rotatable bonds is 6. The number of carbonyl (C=O) groups excluding carboxylic acids is 1. The van der Waals surface area contributed by atoms with Crippen molar-refractivity contribution in [3.8, 4) is 11.4 Å². The van der Waals surface area contributed by atoms with Crippen molar-refractivity contribution in [3.63, 3.8) is 0 Å². The molecule has 0 aliphatic carbocycles. The van der Waals surface area contributed by atoms with Gasteiger partial charge in [-0.2, -0.15) is 4.68 Å². The highest BCUT2D eigenvalue weighted by atomic mass is 35.5. The Morgan fingerprint density at radius 3 is 2.72 bits per heavy atom. The first-order valence-electron chi connectivity index (χ1n) is 7.31. The summed E-state index contributed by atoms with van der Waals surface area (Å²) >= 11 is 11.8. The molecule has 0 spiro atoms. The minimum atomic E-state index is -0.325. The molecule has 1 amide bonds. The third kappa shape index (κ3) is 4.46. The monoisotopic (exact) mass is 377 g/mol. The molecule has 1 N–H and O–H groups in total. The molecule has 2 aromatic carbocycles. The van der Waals surface area contributed by atoms with Crippen LogP contribution in [0, 0.1) is 0 Å². The third-order valence-electron chi connectivity index (χ3n) is 3.23. The summed E-state index contributed by atoms with van der Waals surface area (Å²) in [5, 5.41) is 15.0. The summed E-state index contributed by atoms with van der Waals surface area (Å²) in [5.74, 6) is 0.563. The molecule has 0 unspecified atom stereocenters. The average molecular weight is 378 g/mol. The van der Waals surface area contributed by atoms with Crippen molar-refractivity contribution in [2.75, 3.05) is 6.61 Å². The molecule has 3 aromatic rings. The number of amides is 1. The Hall–Kier alpha value is -2.64. The summed E-state index contributed by atoms with van der Waals surface area (Å²) < 4.78 is 6.93. The van der Waals surface area contributed by atoms with Crippen LogP contribution in [0.25, 0.3) is 5.69 Å². The van der Waals surface area contributed by atoms with Crippen LogP contribution >= 0.6 is 23.2 Å². The lowest BCUT2D eigenvalue weighted by Gasteiger charge is -2.09. The van der Waals surface area contributed by atoms with Crippen molar-refractivity contribution in [2.45, 2.75) is 6.54 Å². The Bertz CT molecular complexity index is 870. The fraction of sp³-hybridized carbons (Fsp3) is 0.125. The molecule has 25 heavy (non-hydrogen) atoms. The maximum atomic E-state index is 12.0. The van der Waals surface area contributed by atoms with Gasteiger partial charge in [0, 0.05) is 5.02 Å². The quantitative estimate of drug-likeness (QED) is 0.713. The van der Waals surface area contributed by atoms with E-state index in [1.165, 1.54) is 0 Å². The molecular formula is C16H13Cl2N5O2. The fourth-order valence-corrected chi connectivity index (χ4v) is 2.51. The molecule has 0 bridgehead atoms. The predicted octanol–water partition coefficient (Wildman–Crippen LogP) is 2.66. The molecule has 1 heterocycles. The van der Waals surface area contributed by atoms with E-state index in [0.717, 1.165) is 5.69 Å². The van der Waals surface area contributed by atoms with Crippen molar-refractivity contribution in [3.05, 3.63) is 64.4 Å². The van der Waals surface area contributed by atoms with Gasteiger partial charge in [-0.25, -0.2) is 0 Å². The summed E-state index contributed by atoms with van der Waals surface area (Å²) in [7, 11) is 0. The zero-order valence-electron chi connectivity index (χ0n) is 12.9. The SMILES string of the molecule is O=C(COc1ccc(Cl)cc1Cl)NCc1nnnn1-c1ccccc1. The van der Waals surface area contributed by atoms with E-state index in [1.54, 1.807) is 22.9 Å². The van der Waals surface area contributed by atoms with E-state index in [-0.39, 0.29) is 19.1 Å². The summed E-state index contributed by atoms with van der Waals surface area (Å²) in [6.07, 6.45) is 0. The van der Waals surface area contributed by atoms with Gasteiger partial charge in [0.25, 0.3) is 5.91 Å². The van der Waals surface area contributed by atoms with E-state index < -0.39 is 0 Å². The van der Waals surface area contributed by atoms with Crippen LogP contribution in [-0.4, -0.2) is 32.7 Å². The average Bonchev–Trinajstić information content (AvgIpc) is 3.08. The van der Waals surface area contributed by atoms with Gasteiger partial charge in [0.05, 0.1) is 17.3 Å². The minimum Gasteiger partial charge on any atom is -0.482 e. The topological polar surface area (TPSA) is 81.9 Å². The van der Waals surface area contributed by atoms with Crippen LogP contribution in [0.4, 0.5) is 0 Å².